The molecular formula is C12H10FNO2S. The number of halogens is 1. The van der Waals surface area contributed by atoms with Gasteiger partial charge in [0.15, 0.2) is 0 Å². The van der Waals surface area contributed by atoms with Crippen molar-refractivity contribution in [1.29, 1.82) is 0 Å². The minimum atomic E-state index is -1.00. The monoisotopic (exact) mass is 251 g/mol. The van der Waals surface area contributed by atoms with Crippen molar-refractivity contribution in [2.45, 2.75) is 13.8 Å². The lowest BCUT2D eigenvalue weighted by Crippen LogP contribution is -1.94. The summed E-state index contributed by atoms with van der Waals surface area (Å²) < 4.78 is 13.2. The average molecular weight is 251 g/mol. The molecule has 0 bridgehead atoms. The van der Waals surface area contributed by atoms with Gasteiger partial charge in [-0.3, -0.25) is 0 Å². The molecule has 0 aliphatic carbocycles. The molecule has 3 nitrogen and oxygen atoms in total. The summed E-state index contributed by atoms with van der Waals surface area (Å²) in [6.07, 6.45) is 0. The fourth-order valence-electron chi connectivity index (χ4n) is 1.58. The van der Waals surface area contributed by atoms with E-state index in [0.29, 0.717) is 16.3 Å². The van der Waals surface area contributed by atoms with Crippen LogP contribution in [-0.4, -0.2) is 16.1 Å². The number of thiazole rings is 1. The first kappa shape index (κ1) is 11.7. The number of benzene rings is 1. The molecule has 0 saturated heterocycles. The Balaban J connectivity index is 2.53. The number of hydrogen-bond acceptors (Lipinski definition) is 3. The standard InChI is InChI=1S/C12H10FNO2S/c1-6-3-8(5-9(13)4-6)11-14-7(2)10(17-11)12(15)16/h3-5H,1-2H3,(H,15,16). The highest BCUT2D eigenvalue weighted by atomic mass is 32.1. The van der Waals surface area contributed by atoms with Gasteiger partial charge in [0.05, 0.1) is 5.69 Å². The maximum atomic E-state index is 13.2. The van der Waals surface area contributed by atoms with Crippen molar-refractivity contribution in [3.63, 3.8) is 0 Å². The van der Waals surface area contributed by atoms with Gasteiger partial charge >= 0.3 is 5.97 Å². The molecule has 0 unspecified atom stereocenters. The highest BCUT2D eigenvalue weighted by Gasteiger charge is 2.15. The maximum Gasteiger partial charge on any atom is 0.347 e. The Bertz CT molecular complexity index is 572. The molecule has 1 aromatic heterocycles. The summed E-state index contributed by atoms with van der Waals surface area (Å²) in [5.74, 6) is -1.34. The van der Waals surface area contributed by atoms with Crippen LogP contribution in [0.2, 0.25) is 0 Å². The molecule has 88 valence electrons. The molecule has 1 heterocycles. The lowest BCUT2D eigenvalue weighted by atomic mass is 10.1. The van der Waals surface area contributed by atoms with Crippen LogP contribution in [0.25, 0.3) is 10.6 Å². The number of aromatic nitrogens is 1. The smallest absolute Gasteiger partial charge is 0.347 e. The van der Waals surface area contributed by atoms with E-state index in [1.165, 1.54) is 12.1 Å². The van der Waals surface area contributed by atoms with Gasteiger partial charge in [0.25, 0.3) is 0 Å². The molecule has 0 aliphatic rings. The number of carboxylic acid groups (broad SMARTS) is 1. The second-order valence-electron chi connectivity index (χ2n) is 3.76. The van der Waals surface area contributed by atoms with E-state index in [1.54, 1.807) is 19.9 Å². The zero-order valence-corrected chi connectivity index (χ0v) is 10.1. The van der Waals surface area contributed by atoms with E-state index in [0.717, 1.165) is 16.9 Å². The van der Waals surface area contributed by atoms with Crippen molar-refractivity contribution < 1.29 is 14.3 Å². The molecular weight excluding hydrogens is 241 g/mol. The number of aromatic carboxylic acids is 1. The second kappa shape index (κ2) is 4.25. The Labute approximate surface area is 102 Å². The molecule has 5 heteroatoms. The van der Waals surface area contributed by atoms with Crippen LogP contribution < -0.4 is 0 Å². The largest absolute Gasteiger partial charge is 0.477 e. The van der Waals surface area contributed by atoms with Gasteiger partial charge in [0, 0.05) is 5.56 Å². The predicted octanol–water partition coefficient (Wildman–Crippen LogP) is 3.26. The molecule has 1 aromatic carbocycles. The number of aryl methyl sites for hydroxylation is 2. The van der Waals surface area contributed by atoms with Gasteiger partial charge < -0.3 is 5.11 Å². The highest BCUT2D eigenvalue weighted by Crippen LogP contribution is 2.29. The zero-order valence-electron chi connectivity index (χ0n) is 9.32. The number of nitrogens with zero attached hydrogens (tertiary/aromatic N) is 1. The zero-order chi connectivity index (χ0) is 12.6. The molecule has 0 spiro atoms. The molecule has 0 aliphatic heterocycles. The number of rotatable bonds is 2. The van der Waals surface area contributed by atoms with Crippen LogP contribution in [0.5, 0.6) is 0 Å². The van der Waals surface area contributed by atoms with Gasteiger partial charge in [-0.15, -0.1) is 11.3 Å². The van der Waals surface area contributed by atoms with E-state index in [9.17, 15) is 9.18 Å². The van der Waals surface area contributed by atoms with Crippen LogP contribution in [0.4, 0.5) is 4.39 Å². The summed E-state index contributed by atoms with van der Waals surface area (Å²) in [5.41, 5.74) is 1.85. The van der Waals surface area contributed by atoms with Crippen LogP contribution in [-0.2, 0) is 0 Å². The van der Waals surface area contributed by atoms with Gasteiger partial charge in [0.2, 0.25) is 0 Å². The predicted molar refractivity (Wildman–Crippen MR) is 63.9 cm³/mol. The Morgan fingerprint density at radius 2 is 2.06 bits per heavy atom. The quantitative estimate of drug-likeness (QED) is 0.891. The third-order valence-corrected chi connectivity index (χ3v) is 3.47. The summed E-state index contributed by atoms with van der Waals surface area (Å²) in [7, 11) is 0. The molecule has 0 saturated carbocycles. The van der Waals surface area contributed by atoms with Crippen molar-refractivity contribution in [2.24, 2.45) is 0 Å². The molecule has 0 radical (unpaired) electrons. The fourth-order valence-corrected chi connectivity index (χ4v) is 2.47. The van der Waals surface area contributed by atoms with Crippen molar-refractivity contribution in [1.82, 2.24) is 4.98 Å². The van der Waals surface area contributed by atoms with Gasteiger partial charge in [-0.25, -0.2) is 14.2 Å². The van der Waals surface area contributed by atoms with Gasteiger partial charge in [-0.05, 0) is 37.6 Å². The SMILES string of the molecule is Cc1cc(F)cc(-c2nc(C)c(C(=O)O)s2)c1. The Morgan fingerprint density at radius 1 is 1.35 bits per heavy atom. The van der Waals surface area contributed by atoms with Crippen molar-refractivity contribution >= 4 is 17.3 Å². The van der Waals surface area contributed by atoms with E-state index in [2.05, 4.69) is 4.98 Å². The van der Waals surface area contributed by atoms with Gasteiger partial charge in [0.1, 0.15) is 15.7 Å². The topological polar surface area (TPSA) is 50.2 Å². The van der Waals surface area contributed by atoms with Crippen molar-refractivity contribution in [3.8, 4) is 10.6 Å². The first-order valence-corrected chi connectivity index (χ1v) is 5.77. The van der Waals surface area contributed by atoms with E-state index >= 15 is 0 Å². The summed E-state index contributed by atoms with van der Waals surface area (Å²) in [6.45, 7) is 3.42. The first-order valence-electron chi connectivity index (χ1n) is 4.95. The fraction of sp³-hybridized carbons (Fsp3) is 0.167. The molecule has 0 fully saturated rings. The summed E-state index contributed by atoms with van der Waals surface area (Å²) in [5, 5.41) is 9.46. The molecule has 2 rings (SSSR count). The van der Waals surface area contributed by atoms with Crippen LogP contribution in [0.1, 0.15) is 20.9 Å². The molecule has 1 N–H and O–H groups in total. The minimum Gasteiger partial charge on any atom is -0.477 e. The maximum absolute atomic E-state index is 13.2. The van der Waals surface area contributed by atoms with E-state index in [4.69, 9.17) is 5.11 Å². The number of hydrogen-bond donors (Lipinski definition) is 1. The molecule has 0 atom stereocenters. The van der Waals surface area contributed by atoms with E-state index < -0.39 is 5.97 Å². The minimum absolute atomic E-state index is 0.196. The Kier molecular flexibility index (Phi) is 2.93. The lowest BCUT2D eigenvalue weighted by Gasteiger charge is -1.98. The van der Waals surface area contributed by atoms with Gasteiger partial charge in [-0.1, -0.05) is 0 Å². The normalized spacial score (nSPS) is 10.5. The Hall–Kier alpha value is -1.75. The van der Waals surface area contributed by atoms with Crippen LogP contribution in [0, 0.1) is 19.7 Å². The third-order valence-electron chi connectivity index (χ3n) is 2.28. The summed E-state index contributed by atoms with van der Waals surface area (Å²) in [6, 6.07) is 4.56. The first-order chi connectivity index (χ1) is 7.97. The summed E-state index contributed by atoms with van der Waals surface area (Å²) >= 11 is 1.06. The van der Waals surface area contributed by atoms with Gasteiger partial charge in [-0.2, -0.15) is 0 Å². The van der Waals surface area contributed by atoms with Crippen LogP contribution >= 0.6 is 11.3 Å². The molecule has 17 heavy (non-hydrogen) atoms. The number of carbonyl (C=O) groups is 1. The van der Waals surface area contributed by atoms with Crippen molar-refractivity contribution in [3.05, 3.63) is 40.2 Å². The van der Waals surface area contributed by atoms with Crippen LogP contribution in [0.3, 0.4) is 0 Å². The Morgan fingerprint density at radius 3 is 2.59 bits per heavy atom. The van der Waals surface area contributed by atoms with E-state index in [1.807, 2.05) is 0 Å². The lowest BCUT2D eigenvalue weighted by molar-refractivity contribution is 0.0701. The van der Waals surface area contributed by atoms with Crippen molar-refractivity contribution in [2.75, 3.05) is 0 Å². The second-order valence-corrected chi connectivity index (χ2v) is 4.76. The molecule has 0 amide bonds. The third kappa shape index (κ3) is 2.34. The highest BCUT2D eigenvalue weighted by molar-refractivity contribution is 7.17. The van der Waals surface area contributed by atoms with E-state index in [-0.39, 0.29) is 10.7 Å². The number of carboxylic acids is 1. The molecule has 2 aromatic rings. The summed E-state index contributed by atoms with van der Waals surface area (Å²) in [4.78, 5) is 15.2. The average Bonchev–Trinajstić information content (AvgIpc) is 2.59. The van der Waals surface area contributed by atoms with Crippen LogP contribution in [0.15, 0.2) is 18.2 Å².